The molecule has 2 heterocycles. The molecule has 0 unspecified atom stereocenters. The summed E-state index contributed by atoms with van der Waals surface area (Å²) in [5, 5.41) is 12.8. The summed E-state index contributed by atoms with van der Waals surface area (Å²) in [5.41, 5.74) is 1.10. The molecule has 3 aromatic rings. The third-order valence-electron chi connectivity index (χ3n) is 3.24. The number of benzene rings is 1. The van der Waals surface area contributed by atoms with E-state index < -0.39 is 10.0 Å². The predicted molar refractivity (Wildman–Crippen MR) is 83.2 cm³/mol. The van der Waals surface area contributed by atoms with Crippen molar-refractivity contribution in [3.05, 3.63) is 40.7 Å². The summed E-state index contributed by atoms with van der Waals surface area (Å²) in [6, 6.07) is 6.87. The minimum absolute atomic E-state index is 0.130. The first-order valence-electron chi connectivity index (χ1n) is 6.76. The second-order valence-electron chi connectivity index (χ2n) is 4.76. The number of nitrogens with zero attached hydrogens (tertiary/aromatic N) is 4. The highest BCUT2D eigenvalue weighted by Crippen LogP contribution is 2.15. The standard InChI is InChI=1S/C13H15N5O2S2/c1-3-10-4-6-11(7-5-10)22(19,20)14-8-12-17-18-9(2)15-16-13(18)21-12/h4-7,14H,3,8H2,1-2H3. The van der Waals surface area contributed by atoms with Crippen molar-refractivity contribution in [2.45, 2.75) is 31.7 Å². The van der Waals surface area contributed by atoms with Crippen LogP contribution in [0, 0.1) is 6.92 Å². The molecular formula is C13H15N5O2S2. The van der Waals surface area contributed by atoms with Gasteiger partial charge in [0.25, 0.3) is 0 Å². The summed E-state index contributed by atoms with van der Waals surface area (Å²) in [4.78, 5) is 0.905. The molecule has 0 spiro atoms. The summed E-state index contributed by atoms with van der Waals surface area (Å²) < 4.78 is 28.7. The Kier molecular flexibility index (Phi) is 3.94. The SMILES string of the molecule is CCc1ccc(S(=O)(=O)NCc2nn3c(C)nnc3s2)cc1. The molecule has 2 aromatic heterocycles. The summed E-state index contributed by atoms with van der Waals surface area (Å²) in [5.74, 6) is 0.676. The van der Waals surface area contributed by atoms with E-state index in [4.69, 9.17) is 0 Å². The third kappa shape index (κ3) is 2.87. The van der Waals surface area contributed by atoms with E-state index in [1.54, 1.807) is 23.6 Å². The van der Waals surface area contributed by atoms with E-state index in [9.17, 15) is 8.42 Å². The zero-order valence-corrected chi connectivity index (χ0v) is 13.8. The Balaban J connectivity index is 1.75. The predicted octanol–water partition coefficient (Wildman–Crippen LogP) is 1.54. The Morgan fingerprint density at radius 1 is 1.23 bits per heavy atom. The van der Waals surface area contributed by atoms with Gasteiger partial charge in [0.1, 0.15) is 5.01 Å². The fourth-order valence-corrected chi connectivity index (χ4v) is 3.87. The van der Waals surface area contributed by atoms with Gasteiger partial charge in [-0.3, -0.25) is 0 Å². The monoisotopic (exact) mass is 337 g/mol. The molecule has 116 valence electrons. The first kappa shape index (κ1) is 15.1. The molecule has 0 aliphatic rings. The highest BCUT2D eigenvalue weighted by molar-refractivity contribution is 7.89. The Labute approximate surface area is 132 Å². The lowest BCUT2D eigenvalue weighted by Gasteiger charge is -2.05. The van der Waals surface area contributed by atoms with Gasteiger partial charge >= 0.3 is 0 Å². The van der Waals surface area contributed by atoms with E-state index in [0.717, 1.165) is 12.0 Å². The second kappa shape index (κ2) is 5.75. The highest BCUT2D eigenvalue weighted by atomic mass is 32.2. The normalized spacial score (nSPS) is 12.1. The molecule has 0 atom stereocenters. The molecule has 1 N–H and O–H groups in total. The van der Waals surface area contributed by atoms with Gasteiger partial charge in [-0.25, -0.2) is 13.1 Å². The molecule has 9 heteroatoms. The van der Waals surface area contributed by atoms with Crippen LogP contribution in [0.25, 0.3) is 4.96 Å². The lowest BCUT2D eigenvalue weighted by molar-refractivity contribution is 0.580. The first-order valence-corrected chi connectivity index (χ1v) is 9.06. The molecule has 0 saturated carbocycles. The largest absolute Gasteiger partial charge is 0.240 e. The second-order valence-corrected chi connectivity index (χ2v) is 7.57. The van der Waals surface area contributed by atoms with Crippen molar-refractivity contribution in [1.82, 2.24) is 24.5 Å². The molecular weight excluding hydrogens is 322 g/mol. The number of nitrogens with one attached hydrogen (secondary N) is 1. The van der Waals surface area contributed by atoms with Crippen molar-refractivity contribution in [2.24, 2.45) is 0 Å². The van der Waals surface area contributed by atoms with E-state index in [1.807, 2.05) is 19.1 Å². The summed E-state index contributed by atoms with van der Waals surface area (Å²) >= 11 is 1.31. The van der Waals surface area contributed by atoms with Crippen molar-refractivity contribution < 1.29 is 8.42 Å². The minimum Gasteiger partial charge on any atom is -0.207 e. The number of rotatable bonds is 5. The molecule has 0 aliphatic carbocycles. The zero-order chi connectivity index (χ0) is 15.7. The number of hydrogen-bond acceptors (Lipinski definition) is 6. The molecule has 22 heavy (non-hydrogen) atoms. The van der Waals surface area contributed by atoms with Crippen LogP contribution in [-0.4, -0.2) is 28.2 Å². The molecule has 0 bridgehead atoms. The molecule has 7 nitrogen and oxygen atoms in total. The third-order valence-corrected chi connectivity index (χ3v) is 5.56. The Morgan fingerprint density at radius 3 is 2.59 bits per heavy atom. The molecule has 3 rings (SSSR count). The average molecular weight is 337 g/mol. The van der Waals surface area contributed by atoms with Gasteiger partial charge in [-0.05, 0) is 31.0 Å². The Morgan fingerprint density at radius 2 is 1.95 bits per heavy atom. The molecule has 0 amide bonds. The average Bonchev–Trinajstić information content (AvgIpc) is 3.07. The van der Waals surface area contributed by atoms with Gasteiger partial charge in [-0.2, -0.15) is 9.61 Å². The quantitative estimate of drug-likeness (QED) is 0.763. The molecule has 0 radical (unpaired) electrons. The van der Waals surface area contributed by atoms with Gasteiger partial charge < -0.3 is 0 Å². The van der Waals surface area contributed by atoms with Crippen LogP contribution in [0.15, 0.2) is 29.2 Å². The summed E-state index contributed by atoms with van der Waals surface area (Å²) in [6.07, 6.45) is 0.875. The fourth-order valence-electron chi connectivity index (χ4n) is 1.97. The maximum atomic E-state index is 12.3. The van der Waals surface area contributed by atoms with E-state index >= 15 is 0 Å². The maximum Gasteiger partial charge on any atom is 0.240 e. The Bertz CT molecular complexity index is 896. The summed E-state index contributed by atoms with van der Waals surface area (Å²) in [6.45, 7) is 3.95. The van der Waals surface area contributed by atoms with Crippen molar-refractivity contribution in [3.8, 4) is 0 Å². The van der Waals surface area contributed by atoms with Crippen LogP contribution in [0.3, 0.4) is 0 Å². The molecule has 0 saturated heterocycles. The highest BCUT2D eigenvalue weighted by Gasteiger charge is 2.15. The van der Waals surface area contributed by atoms with Gasteiger partial charge in [0.15, 0.2) is 5.82 Å². The van der Waals surface area contributed by atoms with Crippen molar-refractivity contribution in [2.75, 3.05) is 0 Å². The minimum atomic E-state index is -3.54. The van der Waals surface area contributed by atoms with E-state index in [2.05, 4.69) is 20.0 Å². The lowest BCUT2D eigenvalue weighted by atomic mass is 10.2. The van der Waals surface area contributed by atoms with Gasteiger partial charge in [0.05, 0.1) is 11.4 Å². The topological polar surface area (TPSA) is 89.2 Å². The van der Waals surface area contributed by atoms with Gasteiger partial charge in [0.2, 0.25) is 15.0 Å². The van der Waals surface area contributed by atoms with Crippen LogP contribution in [0.1, 0.15) is 23.3 Å². The van der Waals surface area contributed by atoms with E-state index in [-0.39, 0.29) is 11.4 Å². The number of aryl methyl sites for hydroxylation is 2. The van der Waals surface area contributed by atoms with E-state index in [1.165, 1.54) is 11.3 Å². The van der Waals surface area contributed by atoms with Gasteiger partial charge in [0, 0.05) is 0 Å². The van der Waals surface area contributed by atoms with Crippen LogP contribution in [0.4, 0.5) is 0 Å². The number of fused-ring (bicyclic) bond motifs is 1. The van der Waals surface area contributed by atoms with Crippen molar-refractivity contribution >= 4 is 26.3 Å². The maximum absolute atomic E-state index is 12.3. The van der Waals surface area contributed by atoms with Crippen molar-refractivity contribution in [1.29, 1.82) is 0 Å². The van der Waals surface area contributed by atoms with Gasteiger partial charge in [-0.15, -0.1) is 10.2 Å². The van der Waals surface area contributed by atoms with Crippen LogP contribution < -0.4 is 4.72 Å². The Hall–Kier alpha value is -1.84. The molecule has 1 aromatic carbocycles. The van der Waals surface area contributed by atoms with Crippen LogP contribution in [-0.2, 0) is 23.0 Å². The summed E-state index contributed by atoms with van der Waals surface area (Å²) in [7, 11) is -3.54. The van der Waals surface area contributed by atoms with Gasteiger partial charge in [-0.1, -0.05) is 30.4 Å². The fraction of sp³-hybridized carbons (Fsp3) is 0.308. The first-order chi connectivity index (χ1) is 10.5. The van der Waals surface area contributed by atoms with E-state index in [0.29, 0.717) is 15.8 Å². The van der Waals surface area contributed by atoms with Crippen molar-refractivity contribution in [3.63, 3.8) is 0 Å². The van der Waals surface area contributed by atoms with Crippen LogP contribution >= 0.6 is 11.3 Å². The smallest absolute Gasteiger partial charge is 0.207 e. The molecule has 0 fully saturated rings. The van der Waals surface area contributed by atoms with Crippen LogP contribution in [0.2, 0.25) is 0 Å². The molecule has 0 aliphatic heterocycles. The number of aromatic nitrogens is 4. The zero-order valence-electron chi connectivity index (χ0n) is 12.1. The van der Waals surface area contributed by atoms with Crippen LogP contribution in [0.5, 0.6) is 0 Å². The number of hydrogen-bond donors (Lipinski definition) is 1. The lowest BCUT2D eigenvalue weighted by Crippen LogP contribution is -2.23. The number of sulfonamides is 1.